The summed E-state index contributed by atoms with van der Waals surface area (Å²) < 4.78 is 1.58. The number of benzene rings is 1. The van der Waals surface area contributed by atoms with Crippen molar-refractivity contribution in [2.24, 2.45) is 0 Å². The Balaban J connectivity index is 1.74. The van der Waals surface area contributed by atoms with E-state index in [1.807, 2.05) is 18.2 Å². The molecule has 0 saturated heterocycles. The lowest BCUT2D eigenvalue weighted by Crippen LogP contribution is -2.41. The molecule has 1 aromatic carbocycles. The average Bonchev–Trinajstić information content (AvgIpc) is 3.04. The number of fused-ring (bicyclic) bond motifs is 2. The monoisotopic (exact) mass is 308 g/mol. The Morgan fingerprint density at radius 1 is 1.30 bits per heavy atom. The fraction of sp³-hybridized carbons (Fsp3) is 0.235. The zero-order chi connectivity index (χ0) is 15.8. The minimum Gasteiger partial charge on any atom is -0.394 e. The van der Waals surface area contributed by atoms with Gasteiger partial charge in [-0.2, -0.15) is 5.10 Å². The predicted molar refractivity (Wildman–Crippen MR) is 84.0 cm³/mol. The van der Waals surface area contributed by atoms with Crippen molar-refractivity contribution in [1.29, 1.82) is 0 Å². The van der Waals surface area contributed by atoms with Crippen LogP contribution < -0.4 is 0 Å². The van der Waals surface area contributed by atoms with Gasteiger partial charge >= 0.3 is 0 Å². The summed E-state index contributed by atoms with van der Waals surface area (Å²) in [6, 6.07) is 9.39. The van der Waals surface area contributed by atoms with Gasteiger partial charge in [-0.15, -0.1) is 0 Å². The van der Waals surface area contributed by atoms with Crippen LogP contribution in [0.5, 0.6) is 0 Å². The number of aromatic nitrogens is 3. The van der Waals surface area contributed by atoms with Crippen molar-refractivity contribution in [1.82, 2.24) is 19.5 Å². The van der Waals surface area contributed by atoms with Crippen LogP contribution in [-0.4, -0.2) is 43.7 Å². The molecule has 23 heavy (non-hydrogen) atoms. The SMILES string of the molecule is O=C(c1cnn2cccnc12)N1CCc2ccccc2C1CO. The van der Waals surface area contributed by atoms with Gasteiger partial charge in [0.1, 0.15) is 5.56 Å². The summed E-state index contributed by atoms with van der Waals surface area (Å²) in [5.74, 6) is -0.146. The van der Waals surface area contributed by atoms with Crippen molar-refractivity contribution in [3.8, 4) is 0 Å². The molecule has 116 valence electrons. The number of hydrogen-bond acceptors (Lipinski definition) is 4. The fourth-order valence-electron chi connectivity index (χ4n) is 3.22. The second-order valence-electron chi connectivity index (χ2n) is 5.59. The number of amides is 1. The molecular weight excluding hydrogens is 292 g/mol. The maximum atomic E-state index is 13.0. The van der Waals surface area contributed by atoms with Crippen molar-refractivity contribution >= 4 is 11.6 Å². The fourth-order valence-corrected chi connectivity index (χ4v) is 3.22. The highest BCUT2D eigenvalue weighted by Gasteiger charge is 2.32. The molecule has 0 bridgehead atoms. The van der Waals surface area contributed by atoms with E-state index in [4.69, 9.17) is 0 Å². The van der Waals surface area contributed by atoms with Gasteiger partial charge in [-0.25, -0.2) is 9.50 Å². The molecule has 4 rings (SSSR count). The summed E-state index contributed by atoms with van der Waals surface area (Å²) in [5, 5.41) is 14.0. The van der Waals surface area contributed by atoms with Crippen LogP contribution in [-0.2, 0) is 6.42 Å². The summed E-state index contributed by atoms with van der Waals surface area (Å²) in [5.41, 5.74) is 3.20. The van der Waals surface area contributed by atoms with Crippen molar-refractivity contribution < 1.29 is 9.90 Å². The number of aliphatic hydroxyl groups is 1. The van der Waals surface area contributed by atoms with E-state index in [0.29, 0.717) is 17.8 Å². The van der Waals surface area contributed by atoms with Crippen LogP contribution in [0.4, 0.5) is 0 Å². The molecule has 2 aromatic heterocycles. The second kappa shape index (κ2) is 5.48. The van der Waals surface area contributed by atoms with Gasteiger partial charge in [0.2, 0.25) is 0 Å². The average molecular weight is 308 g/mol. The van der Waals surface area contributed by atoms with Crippen LogP contribution in [0.25, 0.3) is 5.65 Å². The summed E-state index contributed by atoms with van der Waals surface area (Å²) >= 11 is 0. The van der Waals surface area contributed by atoms with E-state index >= 15 is 0 Å². The third-order valence-corrected chi connectivity index (χ3v) is 4.36. The Bertz CT molecular complexity index is 874. The van der Waals surface area contributed by atoms with Crippen molar-refractivity contribution in [3.05, 3.63) is 65.6 Å². The number of nitrogens with zero attached hydrogens (tertiary/aromatic N) is 4. The molecule has 0 spiro atoms. The third kappa shape index (κ3) is 2.19. The lowest BCUT2D eigenvalue weighted by Gasteiger charge is -2.36. The Labute approximate surface area is 133 Å². The highest BCUT2D eigenvalue weighted by atomic mass is 16.3. The van der Waals surface area contributed by atoms with Crippen LogP contribution >= 0.6 is 0 Å². The number of carbonyl (C=O) groups is 1. The molecule has 1 N–H and O–H groups in total. The Morgan fingerprint density at radius 2 is 2.17 bits per heavy atom. The molecule has 3 heterocycles. The molecule has 6 nitrogen and oxygen atoms in total. The molecule has 1 amide bonds. The van der Waals surface area contributed by atoms with Gasteiger partial charge in [0, 0.05) is 18.9 Å². The van der Waals surface area contributed by atoms with Crippen LogP contribution in [0.3, 0.4) is 0 Å². The van der Waals surface area contributed by atoms with E-state index in [9.17, 15) is 9.90 Å². The largest absolute Gasteiger partial charge is 0.394 e. The zero-order valence-corrected chi connectivity index (χ0v) is 12.5. The van der Waals surface area contributed by atoms with Crippen LogP contribution in [0.1, 0.15) is 27.5 Å². The van der Waals surface area contributed by atoms with Crippen LogP contribution in [0.15, 0.2) is 48.9 Å². The van der Waals surface area contributed by atoms with E-state index in [2.05, 4.69) is 16.1 Å². The minimum absolute atomic E-state index is 0.102. The number of carbonyl (C=O) groups excluding carboxylic acids is 1. The van der Waals surface area contributed by atoms with E-state index < -0.39 is 0 Å². The topological polar surface area (TPSA) is 70.7 Å². The molecule has 6 heteroatoms. The van der Waals surface area contributed by atoms with Gasteiger partial charge in [-0.3, -0.25) is 4.79 Å². The molecule has 1 atom stereocenters. The van der Waals surface area contributed by atoms with Gasteiger partial charge in [-0.05, 0) is 23.6 Å². The summed E-state index contributed by atoms with van der Waals surface area (Å²) in [6.07, 6.45) is 5.72. The Morgan fingerprint density at radius 3 is 3.04 bits per heavy atom. The van der Waals surface area contributed by atoms with Crippen molar-refractivity contribution in [2.75, 3.05) is 13.2 Å². The van der Waals surface area contributed by atoms with E-state index in [1.165, 1.54) is 5.56 Å². The van der Waals surface area contributed by atoms with E-state index in [0.717, 1.165) is 12.0 Å². The quantitative estimate of drug-likeness (QED) is 0.778. The van der Waals surface area contributed by atoms with Crippen LogP contribution in [0.2, 0.25) is 0 Å². The molecule has 0 aliphatic carbocycles. The molecule has 0 fully saturated rings. The summed E-state index contributed by atoms with van der Waals surface area (Å²) in [7, 11) is 0. The highest BCUT2D eigenvalue weighted by molar-refractivity contribution is 6.00. The first-order valence-electron chi connectivity index (χ1n) is 7.57. The van der Waals surface area contributed by atoms with Crippen LogP contribution in [0, 0.1) is 0 Å². The van der Waals surface area contributed by atoms with Crippen molar-refractivity contribution in [3.63, 3.8) is 0 Å². The van der Waals surface area contributed by atoms with Gasteiger partial charge in [0.15, 0.2) is 5.65 Å². The number of hydrogen-bond donors (Lipinski definition) is 1. The standard InChI is InChI=1S/C17H16N4O2/c22-11-15-13-5-2-1-4-12(13)6-9-20(15)17(23)14-10-19-21-8-3-7-18-16(14)21/h1-5,7-8,10,15,22H,6,9,11H2. The summed E-state index contributed by atoms with van der Waals surface area (Å²) in [4.78, 5) is 18.9. The van der Waals surface area contributed by atoms with Gasteiger partial charge in [-0.1, -0.05) is 24.3 Å². The Kier molecular flexibility index (Phi) is 3.31. The minimum atomic E-state index is -0.328. The number of aliphatic hydroxyl groups excluding tert-OH is 1. The second-order valence-corrected chi connectivity index (χ2v) is 5.59. The Hall–Kier alpha value is -2.73. The van der Waals surface area contributed by atoms with Gasteiger partial charge < -0.3 is 10.0 Å². The smallest absolute Gasteiger partial charge is 0.259 e. The highest BCUT2D eigenvalue weighted by Crippen LogP contribution is 2.30. The molecule has 0 radical (unpaired) electrons. The molecule has 3 aromatic rings. The molecular formula is C17H16N4O2. The molecule has 0 saturated carbocycles. The third-order valence-electron chi connectivity index (χ3n) is 4.36. The predicted octanol–water partition coefficient (Wildman–Crippen LogP) is 1.46. The first-order chi connectivity index (χ1) is 11.3. The maximum Gasteiger partial charge on any atom is 0.259 e. The first-order valence-corrected chi connectivity index (χ1v) is 7.57. The number of rotatable bonds is 2. The van der Waals surface area contributed by atoms with E-state index in [1.54, 1.807) is 34.1 Å². The van der Waals surface area contributed by atoms with E-state index in [-0.39, 0.29) is 18.6 Å². The lowest BCUT2D eigenvalue weighted by molar-refractivity contribution is 0.0570. The van der Waals surface area contributed by atoms with Gasteiger partial charge in [0.25, 0.3) is 5.91 Å². The summed E-state index contributed by atoms with van der Waals surface area (Å²) in [6.45, 7) is 0.473. The molecule has 1 unspecified atom stereocenters. The van der Waals surface area contributed by atoms with Gasteiger partial charge in [0.05, 0.1) is 18.8 Å². The molecule has 1 aliphatic rings. The lowest BCUT2D eigenvalue weighted by atomic mass is 9.92. The zero-order valence-electron chi connectivity index (χ0n) is 12.5. The van der Waals surface area contributed by atoms with Crippen molar-refractivity contribution in [2.45, 2.75) is 12.5 Å². The molecule has 1 aliphatic heterocycles. The normalized spacial score (nSPS) is 17.3. The first kappa shape index (κ1) is 13.9. The maximum absolute atomic E-state index is 13.0.